The van der Waals surface area contributed by atoms with E-state index in [1.807, 2.05) is 31.2 Å². The summed E-state index contributed by atoms with van der Waals surface area (Å²) in [5.74, 6) is 0.553. The summed E-state index contributed by atoms with van der Waals surface area (Å²) in [5.41, 5.74) is 5.30. The zero-order valence-electron chi connectivity index (χ0n) is 17.4. The largest absolute Gasteiger partial charge is 0.494 e. The Morgan fingerprint density at radius 1 is 1.23 bits per heavy atom. The maximum Gasteiger partial charge on any atom is 0.307 e. The zero-order valence-corrected chi connectivity index (χ0v) is 17.4. The third-order valence-corrected chi connectivity index (χ3v) is 5.23. The third kappa shape index (κ3) is 3.81. The molecule has 4 rings (SSSR count). The number of aromatic nitrogens is 1. The fraction of sp³-hybridized carbons (Fsp3) is 0.250. The van der Waals surface area contributed by atoms with Crippen molar-refractivity contribution in [2.75, 3.05) is 6.61 Å². The number of furan rings is 1. The van der Waals surface area contributed by atoms with E-state index in [1.165, 1.54) is 0 Å². The smallest absolute Gasteiger partial charge is 0.307 e. The molecule has 1 N–H and O–H groups in total. The SMILES string of the molecule is CCOc1ccc2oc(C(=O)N/N=C/c3cn([C@H](C)CC)c4ccccc34)cc2c1. The molecular formula is C24H25N3O3. The summed E-state index contributed by atoms with van der Waals surface area (Å²) in [5, 5.41) is 6.07. The molecule has 0 saturated carbocycles. The molecule has 2 heterocycles. The second-order valence-corrected chi connectivity index (χ2v) is 7.21. The van der Waals surface area contributed by atoms with Crippen molar-refractivity contribution in [2.24, 2.45) is 5.10 Å². The molecule has 30 heavy (non-hydrogen) atoms. The first-order chi connectivity index (χ1) is 14.6. The number of rotatable bonds is 7. The lowest BCUT2D eigenvalue weighted by molar-refractivity contribution is 0.0929. The molecule has 1 amide bonds. The van der Waals surface area contributed by atoms with E-state index in [0.717, 1.165) is 34.0 Å². The molecule has 0 bridgehead atoms. The molecule has 0 aliphatic carbocycles. The van der Waals surface area contributed by atoms with E-state index in [1.54, 1.807) is 18.3 Å². The molecule has 6 heteroatoms. The van der Waals surface area contributed by atoms with Gasteiger partial charge in [0.15, 0.2) is 5.76 Å². The Bertz CT molecular complexity index is 1220. The normalized spacial score (nSPS) is 12.6. The summed E-state index contributed by atoms with van der Waals surface area (Å²) < 4.78 is 13.4. The second-order valence-electron chi connectivity index (χ2n) is 7.21. The van der Waals surface area contributed by atoms with Crippen LogP contribution < -0.4 is 10.2 Å². The Morgan fingerprint density at radius 2 is 2.07 bits per heavy atom. The van der Waals surface area contributed by atoms with Crippen LogP contribution in [0.2, 0.25) is 0 Å². The molecule has 1 atom stereocenters. The molecule has 0 spiro atoms. The number of ether oxygens (including phenoxy) is 1. The van der Waals surface area contributed by atoms with Crippen LogP contribution in [0, 0.1) is 0 Å². The summed E-state index contributed by atoms with van der Waals surface area (Å²) in [6.07, 6.45) is 4.78. The monoisotopic (exact) mass is 403 g/mol. The van der Waals surface area contributed by atoms with Gasteiger partial charge in [-0.05, 0) is 50.6 Å². The predicted octanol–water partition coefficient (Wildman–Crippen LogP) is 5.52. The van der Waals surface area contributed by atoms with E-state index >= 15 is 0 Å². The summed E-state index contributed by atoms with van der Waals surface area (Å²) in [4.78, 5) is 12.5. The molecule has 0 radical (unpaired) electrons. The number of fused-ring (bicyclic) bond motifs is 2. The maximum atomic E-state index is 12.5. The standard InChI is InChI=1S/C24H25N3O3/c1-4-16(3)27-15-18(20-8-6-7-9-21(20)27)14-25-26-24(28)23-13-17-12-19(29-5-2)10-11-22(17)30-23/h6-16H,4-5H2,1-3H3,(H,26,28)/b25-14+/t16-/m1/s1. The Morgan fingerprint density at radius 3 is 2.87 bits per heavy atom. The highest BCUT2D eigenvalue weighted by molar-refractivity contribution is 6.01. The Balaban J connectivity index is 1.53. The molecule has 154 valence electrons. The molecule has 4 aromatic rings. The number of hydrogen-bond acceptors (Lipinski definition) is 4. The molecule has 0 fully saturated rings. The van der Waals surface area contributed by atoms with Gasteiger partial charge in [0.25, 0.3) is 0 Å². The number of carbonyl (C=O) groups excluding carboxylic acids is 1. The topological polar surface area (TPSA) is 68.8 Å². The molecule has 0 aliphatic heterocycles. The van der Waals surface area contributed by atoms with Crippen molar-refractivity contribution < 1.29 is 13.9 Å². The van der Waals surface area contributed by atoms with Crippen LogP contribution >= 0.6 is 0 Å². The highest BCUT2D eigenvalue weighted by atomic mass is 16.5. The minimum atomic E-state index is -0.397. The highest BCUT2D eigenvalue weighted by Gasteiger charge is 2.13. The van der Waals surface area contributed by atoms with Crippen molar-refractivity contribution in [2.45, 2.75) is 33.2 Å². The minimum absolute atomic E-state index is 0.206. The molecule has 0 saturated heterocycles. The van der Waals surface area contributed by atoms with Gasteiger partial charge in [-0.2, -0.15) is 5.10 Å². The second kappa shape index (κ2) is 8.45. The van der Waals surface area contributed by atoms with Crippen LogP contribution in [0.3, 0.4) is 0 Å². The first kappa shape index (κ1) is 19.8. The van der Waals surface area contributed by atoms with Gasteiger partial charge in [-0.15, -0.1) is 0 Å². The van der Waals surface area contributed by atoms with Gasteiger partial charge in [-0.1, -0.05) is 25.1 Å². The van der Waals surface area contributed by atoms with Crippen LogP contribution in [0.4, 0.5) is 0 Å². The highest BCUT2D eigenvalue weighted by Crippen LogP contribution is 2.26. The van der Waals surface area contributed by atoms with Crippen molar-refractivity contribution in [1.29, 1.82) is 0 Å². The molecule has 2 aromatic heterocycles. The van der Waals surface area contributed by atoms with Crippen LogP contribution in [0.25, 0.3) is 21.9 Å². The lowest BCUT2D eigenvalue weighted by Crippen LogP contribution is -2.16. The first-order valence-corrected chi connectivity index (χ1v) is 10.2. The van der Waals surface area contributed by atoms with Gasteiger partial charge >= 0.3 is 5.91 Å². The van der Waals surface area contributed by atoms with Crippen molar-refractivity contribution in [3.63, 3.8) is 0 Å². The first-order valence-electron chi connectivity index (χ1n) is 10.2. The number of carbonyl (C=O) groups is 1. The number of hydrogen-bond donors (Lipinski definition) is 1. The van der Waals surface area contributed by atoms with E-state index in [9.17, 15) is 4.79 Å². The summed E-state index contributed by atoms with van der Waals surface area (Å²) in [6.45, 7) is 6.86. The van der Waals surface area contributed by atoms with Crippen LogP contribution in [-0.2, 0) is 0 Å². The van der Waals surface area contributed by atoms with Crippen LogP contribution in [0.5, 0.6) is 5.75 Å². The van der Waals surface area contributed by atoms with Gasteiger partial charge in [-0.3, -0.25) is 4.79 Å². The maximum absolute atomic E-state index is 12.5. The van der Waals surface area contributed by atoms with Crippen LogP contribution in [0.1, 0.15) is 49.4 Å². The van der Waals surface area contributed by atoms with Crippen LogP contribution in [0.15, 0.2) is 64.2 Å². The molecular weight excluding hydrogens is 378 g/mol. The van der Waals surface area contributed by atoms with Gasteiger partial charge in [0, 0.05) is 34.1 Å². The fourth-order valence-corrected chi connectivity index (χ4v) is 3.50. The molecule has 0 aliphatic rings. The minimum Gasteiger partial charge on any atom is -0.494 e. The number of benzene rings is 2. The summed E-state index contributed by atoms with van der Waals surface area (Å²) in [6, 6.07) is 15.7. The Hall–Kier alpha value is -3.54. The summed E-state index contributed by atoms with van der Waals surface area (Å²) in [7, 11) is 0. The predicted molar refractivity (Wildman–Crippen MR) is 119 cm³/mol. The quantitative estimate of drug-likeness (QED) is 0.326. The average Bonchev–Trinajstić information content (AvgIpc) is 3.35. The number of nitrogens with zero attached hydrogens (tertiary/aromatic N) is 2. The third-order valence-electron chi connectivity index (χ3n) is 5.23. The van der Waals surface area contributed by atoms with E-state index in [-0.39, 0.29) is 5.76 Å². The van der Waals surface area contributed by atoms with Crippen molar-refractivity contribution in [1.82, 2.24) is 9.99 Å². The van der Waals surface area contributed by atoms with Gasteiger partial charge in [0.1, 0.15) is 11.3 Å². The van der Waals surface area contributed by atoms with Gasteiger partial charge in [0.2, 0.25) is 0 Å². The molecule has 0 unspecified atom stereocenters. The molecule has 2 aromatic carbocycles. The van der Waals surface area contributed by atoms with Crippen molar-refractivity contribution >= 4 is 34.0 Å². The van der Waals surface area contributed by atoms with Crippen molar-refractivity contribution in [3.8, 4) is 5.75 Å². The van der Waals surface area contributed by atoms with E-state index in [2.05, 4.69) is 47.3 Å². The Kier molecular flexibility index (Phi) is 5.57. The van der Waals surface area contributed by atoms with Gasteiger partial charge < -0.3 is 13.7 Å². The molecule has 6 nitrogen and oxygen atoms in total. The zero-order chi connectivity index (χ0) is 21.1. The lowest BCUT2D eigenvalue weighted by Gasteiger charge is -2.12. The number of para-hydroxylation sites is 1. The van der Waals surface area contributed by atoms with Gasteiger partial charge in [0.05, 0.1) is 12.8 Å². The number of amides is 1. The van der Waals surface area contributed by atoms with Crippen molar-refractivity contribution in [3.05, 3.63) is 66.1 Å². The summed E-state index contributed by atoms with van der Waals surface area (Å²) >= 11 is 0. The van der Waals surface area contributed by atoms with E-state index in [4.69, 9.17) is 9.15 Å². The lowest BCUT2D eigenvalue weighted by atomic mass is 10.2. The Labute approximate surface area is 175 Å². The number of hydrazone groups is 1. The van der Waals surface area contributed by atoms with E-state index in [0.29, 0.717) is 18.2 Å². The average molecular weight is 403 g/mol. The van der Waals surface area contributed by atoms with E-state index < -0.39 is 5.91 Å². The fourth-order valence-electron chi connectivity index (χ4n) is 3.50. The van der Waals surface area contributed by atoms with Gasteiger partial charge in [-0.25, -0.2) is 5.43 Å². The van der Waals surface area contributed by atoms with Crippen LogP contribution in [-0.4, -0.2) is 23.3 Å². The number of nitrogens with one attached hydrogen (secondary N) is 1.